The average Bonchev–Trinajstić information content (AvgIpc) is 3.40. The molecule has 6 nitrogen and oxygen atoms in total. The van der Waals surface area contributed by atoms with Crippen molar-refractivity contribution in [1.82, 2.24) is 15.3 Å². The van der Waals surface area contributed by atoms with Gasteiger partial charge < -0.3 is 15.0 Å². The lowest BCUT2D eigenvalue weighted by Gasteiger charge is -2.32. The second-order valence-electron chi connectivity index (χ2n) is 9.82. The molecule has 1 aromatic heterocycles. The van der Waals surface area contributed by atoms with Crippen molar-refractivity contribution in [3.63, 3.8) is 0 Å². The van der Waals surface area contributed by atoms with Crippen LogP contribution in [-0.4, -0.2) is 48.2 Å². The van der Waals surface area contributed by atoms with E-state index in [1.807, 2.05) is 24.3 Å². The SMILES string of the molecule is CC(C)c1cc(N(C)C2CCCCC2)nc(SCc2ccc(C(=O)NC[C@H]3CCCO3)cc2)n1. The van der Waals surface area contributed by atoms with Crippen LogP contribution in [0.3, 0.4) is 0 Å². The van der Waals surface area contributed by atoms with Gasteiger partial charge in [-0.25, -0.2) is 9.97 Å². The summed E-state index contributed by atoms with van der Waals surface area (Å²) in [5.74, 6) is 2.11. The van der Waals surface area contributed by atoms with E-state index in [0.717, 1.165) is 47.4 Å². The van der Waals surface area contributed by atoms with Crippen LogP contribution in [-0.2, 0) is 10.5 Å². The number of nitrogens with zero attached hydrogens (tertiary/aromatic N) is 3. The number of aromatic nitrogens is 2. The zero-order valence-electron chi connectivity index (χ0n) is 20.8. The number of hydrogen-bond acceptors (Lipinski definition) is 6. The second-order valence-corrected chi connectivity index (χ2v) is 10.8. The molecule has 0 unspecified atom stereocenters. The van der Waals surface area contributed by atoms with Gasteiger partial charge in [0, 0.05) is 49.3 Å². The van der Waals surface area contributed by atoms with E-state index in [2.05, 4.69) is 37.2 Å². The molecule has 0 bridgehead atoms. The van der Waals surface area contributed by atoms with E-state index in [1.165, 1.54) is 32.1 Å². The van der Waals surface area contributed by atoms with Crippen LogP contribution in [0.25, 0.3) is 0 Å². The van der Waals surface area contributed by atoms with Crippen LogP contribution in [0, 0.1) is 0 Å². The zero-order chi connectivity index (χ0) is 23.9. The summed E-state index contributed by atoms with van der Waals surface area (Å²) in [7, 11) is 2.18. The zero-order valence-corrected chi connectivity index (χ0v) is 21.6. The molecule has 1 atom stereocenters. The highest BCUT2D eigenvalue weighted by molar-refractivity contribution is 7.98. The number of carbonyl (C=O) groups is 1. The summed E-state index contributed by atoms with van der Waals surface area (Å²) in [4.78, 5) is 24.5. The molecule has 0 radical (unpaired) electrons. The summed E-state index contributed by atoms with van der Waals surface area (Å²) >= 11 is 1.66. The number of amides is 1. The van der Waals surface area contributed by atoms with Crippen molar-refractivity contribution in [3.05, 3.63) is 47.2 Å². The van der Waals surface area contributed by atoms with Crippen molar-refractivity contribution < 1.29 is 9.53 Å². The van der Waals surface area contributed by atoms with Crippen molar-refractivity contribution in [1.29, 1.82) is 0 Å². The molecule has 184 valence electrons. The van der Waals surface area contributed by atoms with Gasteiger partial charge in [0.05, 0.1) is 6.10 Å². The Balaban J connectivity index is 1.37. The van der Waals surface area contributed by atoms with Crippen LogP contribution in [0.4, 0.5) is 5.82 Å². The van der Waals surface area contributed by atoms with Crippen molar-refractivity contribution in [3.8, 4) is 0 Å². The Labute approximate surface area is 208 Å². The van der Waals surface area contributed by atoms with E-state index in [1.54, 1.807) is 11.8 Å². The standard InChI is InChI=1S/C27H38N4O2S/c1-19(2)24-16-25(31(3)22-8-5-4-6-9-22)30-27(29-24)34-18-20-11-13-21(14-12-20)26(32)28-17-23-10-7-15-33-23/h11-14,16,19,22-23H,4-10,15,17-18H2,1-3H3,(H,28,32)/t23-/m1/s1. The van der Waals surface area contributed by atoms with Gasteiger partial charge in [-0.15, -0.1) is 0 Å². The van der Waals surface area contributed by atoms with Crippen LogP contribution < -0.4 is 10.2 Å². The van der Waals surface area contributed by atoms with Gasteiger partial charge >= 0.3 is 0 Å². The largest absolute Gasteiger partial charge is 0.376 e. The lowest BCUT2D eigenvalue weighted by molar-refractivity contribution is 0.0858. The Bertz CT molecular complexity index is 938. The minimum absolute atomic E-state index is 0.0435. The van der Waals surface area contributed by atoms with Gasteiger partial charge in [0.1, 0.15) is 5.82 Å². The van der Waals surface area contributed by atoms with Crippen LogP contribution in [0.2, 0.25) is 0 Å². The second kappa shape index (κ2) is 12.0. The molecule has 4 rings (SSSR count). The molecule has 0 spiro atoms. The number of carbonyl (C=O) groups excluding carboxylic acids is 1. The Morgan fingerprint density at radius 3 is 2.56 bits per heavy atom. The topological polar surface area (TPSA) is 67.4 Å². The lowest BCUT2D eigenvalue weighted by atomic mass is 9.94. The number of rotatable bonds is 9. The molecule has 1 amide bonds. The molecule has 1 aliphatic carbocycles. The molecule has 1 saturated carbocycles. The fourth-order valence-corrected chi connectivity index (χ4v) is 5.46. The van der Waals surface area contributed by atoms with Gasteiger partial charge in [-0.1, -0.05) is 57.0 Å². The Hall–Kier alpha value is -2.12. The molecule has 1 saturated heterocycles. The summed E-state index contributed by atoms with van der Waals surface area (Å²) in [6.07, 6.45) is 8.71. The molecule has 2 fully saturated rings. The fraction of sp³-hybridized carbons (Fsp3) is 0.593. The maximum atomic E-state index is 12.4. The number of thioether (sulfide) groups is 1. The maximum Gasteiger partial charge on any atom is 0.251 e. The van der Waals surface area contributed by atoms with Gasteiger partial charge in [-0.05, 0) is 49.3 Å². The summed E-state index contributed by atoms with van der Waals surface area (Å²) in [6, 6.07) is 10.6. The lowest BCUT2D eigenvalue weighted by Crippen LogP contribution is -2.34. The Kier molecular flexibility index (Phi) is 8.84. The first-order chi connectivity index (χ1) is 16.5. The summed E-state index contributed by atoms with van der Waals surface area (Å²) in [5, 5.41) is 3.81. The number of anilines is 1. The van der Waals surface area contributed by atoms with Crippen LogP contribution in [0.1, 0.15) is 86.3 Å². The molecule has 2 aliphatic rings. The van der Waals surface area contributed by atoms with Gasteiger partial charge in [0.2, 0.25) is 0 Å². The molecule has 2 aromatic rings. The van der Waals surface area contributed by atoms with E-state index in [4.69, 9.17) is 14.7 Å². The minimum Gasteiger partial charge on any atom is -0.376 e. The van der Waals surface area contributed by atoms with Crippen molar-refractivity contribution in [2.75, 3.05) is 25.1 Å². The third-order valence-corrected chi connectivity index (χ3v) is 7.80. The van der Waals surface area contributed by atoms with Gasteiger partial charge in [0.15, 0.2) is 5.16 Å². The minimum atomic E-state index is -0.0435. The summed E-state index contributed by atoms with van der Waals surface area (Å²) in [6.45, 7) is 5.75. The van der Waals surface area contributed by atoms with Crippen molar-refractivity contribution in [2.24, 2.45) is 0 Å². The monoisotopic (exact) mass is 482 g/mol. The predicted octanol–water partition coefficient (Wildman–Crippen LogP) is 5.57. The van der Waals surface area contributed by atoms with Crippen LogP contribution >= 0.6 is 11.8 Å². The van der Waals surface area contributed by atoms with E-state index < -0.39 is 0 Å². The molecule has 2 heterocycles. The first-order valence-electron chi connectivity index (χ1n) is 12.7. The fourth-order valence-electron chi connectivity index (χ4n) is 4.64. The molecule has 1 N–H and O–H groups in total. The van der Waals surface area contributed by atoms with E-state index in [9.17, 15) is 4.79 Å². The molecular formula is C27H38N4O2S. The quantitative estimate of drug-likeness (QED) is 0.372. The van der Waals surface area contributed by atoms with Crippen LogP contribution in [0.5, 0.6) is 0 Å². The van der Waals surface area contributed by atoms with E-state index in [-0.39, 0.29) is 12.0 Å². The summed E-state index contributed by atoms with van der Waals surface area (Å²) in [5.41, 5.74) is 2.93. The molecular weight excluding hydrogens is 444 g/mol. The highest BCUT2D eigenvalue weighted by Crippen LogP contribution is 2.29. The first-order valence-corrected chi connectivity index (χ1v) is 13.7. The number of ether oxygens (including phenoxy) is 1. The van der Waals surface area contributed by atoms with E-state index >= 15 is 0 Å². The van der Waals surface area contributed by atoms with Gasteiger partial charge in [-0.2, -0.15) is 0 Å². The number of benzene rings is 1. The highest BCUT2D eigenvalue weighted by atomic mass is 32.2. The Morgan fingerprint density at radius 2 is 1.88 bits per heavy atom. The third kappa shape index (κ3) is 6.72. The first kappa shape index (κ1) is 25.0. The van der Waals surface area contributed by atoms with Gasteiger partial charge in [-0.3, -0.25) is 4.79 Å². The highest BCUT2D eigenvalue weighted by Gasteiger charge is 2.21. The third-order valence-electron chi connectivity index (χ3n) is 6.89. The normalized spacial score (nSPS) is 18.9. The average molecular weight is 483 g/mol. The smallest absolute Gasteiger partial charge is 0.251 e. The molecule has 34 heavy (non-hydrogen) atoms. The molecule has 1 aliphatic heterocycles. The van der Waals surface area contributed by atoms with Crippen LogP contribution in [0.15, 0.2) is 35.5 Å². The maximum absolute atomic E-state index is 12.4. The predicted molar refractivity (Wildman–Crippen MR) is 139 cm³/mol. The number of hydrogen-bond donors (Lipinski definition) is 1. The molecule has 1 aromatic carbocycles. The van der Waals surface area contributed by atoms with Gasteiger partial charge in [0.25, 0.3) is 5.91 Å². The van der Waals surface area contributed by atoms with Crippen molar-refractivity contribution in [2.45, 2.75) is 87.8 Å². The number of nitrogens with one attached hydrogen (secondary N) is 1. The summed E-state index contributed by atoms with van der Waals surface area (Å²) < 4.78 is 5.58. The van der Waals surface area contributed by atoms with Crippen molar-refractivity contribution >= 4 is 23.5 Å². The Morgan fingerprint density at radius 1 is 1.12 bits per heavy atom. The molecule has 7 heteroatoms. The van der Waals surface area contributed by atoms with E-state index in [0.29, 0.717) is 24.1 Å².